The average Bonchev–Trinajstić information content (AvgIpc) is 2.60. The van der Waals surface area contributed by atoms with Gasteiger partial charge >= 0.3 is 5.69 Å². The van der Waals surface area contributed by atoms with Gasteiger partial charge in [0, 0.05) is 6.07 Å². The van der Waals surface area contributed by atoms with Crippen LogP contribution in [0.15, 0.2) is 35.4 Å². The number of amides is 1. The van der Waals surface area contributed by atoms with Gasteiger partial charge in [-0.2, -0.15) is 5.10 Å². The molecule has 0 aliphatic carbocycles. The van der Waals surface area contributed by atoms with Crippen LogP contribution >= 0.6 is 0 Å². The summed E-state index contributed by atoms with van der Waals surface area (Å²) >= 11 is 0. The fraction of sp³-hybridized carbons (Fsp3) is 0.176. The van der Waals surface area contributed by atoms with Crippen molar-refractivity contribution < 1.29 is 24.5 Å². The van der Waals surface area contributed by atoms with Crippen LogP contribution in [0.3, 0.4) is 0 Å². The Morgan fingerprint density at radius 1 is 1.14 bits per heavy atom. The van der Waals surface area contributed by atoms with Gasteiger partial charge in [0.15, 0.2) is 6.61 Å². The van der Waals surface area contributed by atoms with E-state index in [9.17, 15) is 30.1 Å². The van der Waals surface area contributed by atoms with E-state index in [-0.39, 0.29) is 12.2 Å². The molecule has 11 heteroatoms. The molecule has 2 aromatic rings. The van der Waals surface area contributed by atoms with Crippen LogP contribution in [0.5, 0.6) is 11.5 Å². The molecule has 2 aromatic carbocycles. The molecule has 0 atom stereocenters. The molecule has 0 aliphatic heterocycles. The maximum atomic E-state index is 11.8. The fourth-order valence-electron chi connectivity index (χ4n) is 2.34. The molecule has 146 valence electrons. The molecule has 0 radical (unpaired) electrons. The molecule has 2 rings (SSSR count). The molecular weight excluding hydrogens is 372 g/mol. The molecule has 0 saturated carbocycles. The summed E-state index contributed by atoms with van der Waals surface area (Å²) in [6, 6.07) is 6.97. The predicted molar refractivity (Wildman–Crippen MR) is 98.6 cm³/mol. The van der Waals surface area contributed by atoms with Crippen molar-refractivity contribution in [2.45, 2.75) is 13.8 Å². The van der Waals surface area contributed by atoms with E-state index in [0.717, 1.165) is 23.4 Å². The van der Waals surface area contributed by atoms with Crippen LogP contribution in [0.4, 0.5) is 11.4 Å². The van der Waals surface area contributed by atoms with Crippen LogP contribution in [-0.4, -0.2) is 33.7 Å². The number of rotatable bonds is 7. The van der Waals surface area contributed by atoms with Gasteiger partial charge in [0.1, 0.15) is 5.75 Å². The third-order valence-electron chi connectivity index (χ3n) is 3.47. The lowest BCUT2D eigenvalue weighted by molar-refractivity contribution is -0.394. The van der Waals surface area contributed by atoms with Gasteiger partial charge in [0.25, 0.3) is 11.6 Å². The largest absolute Gasteiger partial charge is 0.502 e. The first-order valence-corrected chi connectivity index (χ1v) is 7.86. The van der Waals surface area contributed by atoms with E-state index in [1.807, 2.05) is 19.9 Å². The molecule has 0 aliphatic rings. The van der Waals surface area contributed by atoms with Crippen molar-refractivity contribution in [1.82, 2.24) is 5.43 Å². The Morgan fingerprint density at radius 3 is 2.36 bits per heavy atom. The van der Waals surface area contributed by atoms with Crippen molar-refractivity contribution in [1.29, 1.82) is 0 Å². The number of benzene rings is 2. The number of hydrogen-bond donors (Lipinski definition) is 2. The zero-order chi connectivity index (χ0) is 20.8. The van der Waals surface area contributed by atoms with Crippen molar-refractivity contribution in [2.24, 2.45) is 5.10 Å². The minimum Gasteiger partial charge on any atom is -0.502 e. The highest BCUT2D eigenvalue weighted by Crippen LogP contribution is 2.33. The number of hydrazone groups is 1. The molecule has 0 bridgehead atoms. The van der Waals surface area contributed by atoms with Gasteiger partial charge in [-0.3, -0.25) is 25.0 Å². The number of ether oxygens (including phenoxy) is 1. The summed E-state index contributed by atoms with van der Waals surface area (Å²) in [7, 11) is 0. The highest BCUT2D eigenvalue weighted by molar-refractivity contribution is 5.88. The number of carbonyl (C=O) groups is 1. The first-order valence-electron chi connectivity index (χ1n) is 7.86. The molecule has 0 fully saturated rings. The highest BCUT2D eigenvalue weighted by Gasteiger charge is 2.23. The van der Waals surface area contributed by atoms with E-state index in [1.54, 1.807) is 12.1 Å². The van der Waals surface area contributed by atoms with Crippen LogP contribution in [0.1, 0.15) is 16.7 Å². The first kappa shape index (κ1) is 20.3. The van der Waals surface area contributed by atoms with Crippen molar-refractivity contribution in [3.05, 3.63) is 67.3 Å². The van der Waals surface area contributed by atoms with Crippen LogP contribution in [-0.2, 0) is 4.79 Å². The van der Waals surface area contributed by atoms with E-state index in [2.05, 4.69) is 10.5 Å². The fourth-order valence-corrected chi connectivity index (χ4v) is 2.34. The SMILES string of the molecule is Cc1cc(C)cc(OCC(=O)NN=Cc2cc([N+](=O)[O-])cc([N+](=O)[O-])c2O)c1. The lowest BCUT2D eigenvalue weighted by Gasteiger charge is -2.07. The second-order valence-electron chi connectivity index (χ2n) is 5.82. The maximum Gasteiger partial charge on any atom is 0.318 e. The minimum absolute atomic E-state index is 0.295. The smallest absolute Gasteiger partial charge is 0.318 e. The Bertz CT molecular complexity index is 952. The summed E-state index contributed by atoms with van der Waals surface area (Å²) < 4.78 is 5.34. The van der Waals surface area contributed by atoms with Crippen LogP contribution in [0.2, 0.25) is 0 Å². The Morgan fingerprint density at radius 2 is 1.79 bits per heavy atom. The summed E-state index contributed by atoms with van der Waals surface area (Å²) in [5, 5.41) is 35.1. The third kappa shape index (κ3) is 5.24. The highest BCUT2D eigenvalue weighted by atomic mass is 16.6. The predicted octanol–water partition coefficient (Wildman–Crippen LogP) is 2.35. The van der Waals surface area contributed by atoms with Crippen molar-refractivity contribution in [3.8, 4) is 11.5 Å². The number of phenols is 1. The molecule has 0 unspecified atom stereocenters. The summed E-state index contributed by atoms with van der Waals surface area (Å²) in [6.07, 6.45) is 0.865. The molecule has 11 nitrogen and oxygen atoms in total. The number of phenolic OH excluding ortho intramolecular Hbond substituents is 1. The van der Waals surface area contributed by atoms with Crippen LogP contribution < -0.4 is 10.2 Å². The zero-order valence-corrected chi connectivity index (χ0v) is 14.9. The summed E-state index contributed by atoms with van der Waals surface area (Å²) in [5.41, 5.74) is 2.30. The second-order valence-corrected chi connectivity index (χ2v) is 5.82. The van der Waals surface area contributed by atoms with Gasteiger partial charge in [-0.25, -0.2) is 5.43 Å². The van der Waals surface area contributed by atoms with Gasteiger partial charge in [-0.05, 0) is 37.1 Å². The van der Waals surface area contributed by atoms with Gasteiger partial charge in [-0.1, -0.05) is 6.07 Å². The number of nitrogens with zero attached hydrogens (tertiary/aromatic N) is 3. The van der Waals surface area contributed by atoms with Crippen LogP contribution in [0, 0.1) is 34.1 Å². The van der Waals surface area contributed by atoms with Gasteiger partial charge < -0.3 is 9.84 Å². The molecule has 0 heterocycles. The number of carbonyl (C=O) groups excluding carboxylic acids is 1. The lowest BCUT2D eigenvalue weighted by Crippen LogP contribution is -2.24. The lowest BCUT2D eigenvalue weighted by atomic mass is 10.1. The number of hydrogen-bond acceptors (Lipinski definition) is 8. The van der Waals surface area contributed by atoms with E-state index < -0.39 is 32.9 Å². The summed E-state index contributed by atoms with van der Waals surface area (Å²) in [6.45, 7) is 3.42. The van der Waals surface area contributed by atoms with E-state index in [4.69, 9.17) is 4.74 Å². The molecule has 0 saturated heterocycles. The van der Waals surface area contributed by atoms with Gasteiger partial charge in [0.2, 0.25) is 5.75 Å². The summed E-state index contributed by atoms with van der Waals surface area (Å²) in [4.78, 5) is 31.7. The second kappa shape index (κ2) is 8.58. The zero-order valence-electron chi connectivity index (χ0n) is 14.9. The Labute approximate surface area is 158 Å². The van der Waals surface area contributed by atoms with Crippen molar-refractivity contribution in [3.63, 3.8) is 0 Å². The molecule has 0 spiro atoms. The first-order chi connectivity index (χ1) is 13.2. The standard InChI is InChI=1S/C17H16N4O7/c1-10-3-11(2)5-14(4-10)28-9-16(22)19-18-8-12-6-13(20(24)25)7-15(17(12)23)21(26)27/h3-8,23H,9H2,1-2H3,(H,19,22). The van der Waals surface area contributed by atoms with Crippen LogP contribution in [0.25, 0.3) is 0 Å². The number of nitrogens with one attached hydrogen (secondary N) is 1. The molecule has 2 N–H and O–H groups in total. The van der Waals surface area contributed by atoms with Gasteiger partial charge in [0.05, 0.1) is 27.7 Å². The van der Waals surface area contributed by atoms with Crippen molar-refractivity contribution in [2.75, 3.05) is 6.61 Å². The number of nitro benzene ring substituents is 2. The molecule has 0 aromatic heterocycles. The molecular formula is C17H16N4O7. The number of non-ortho nitro benzene ring substituents is 1. The number of nitro groups is 2. The normalized spacial score (nSPS) is 10.6. The van der Waals surface area contributed by atoms with E-state index >= 15 is 0 Å². The summed E-state index contributed by atoms with van der Waals surface area (Å²) in [5.74, 6) is -0.932. The number of aromatic hydroxyl groups is 1. The minimum atomic E-state index is -0.962. The van der Waals surface area contributed by atoms with E-state index in [0.29, 0.717) is 11.8 Å². The molecule has 1 amide bonds. The third-order valence-corrected chi connectivity index (χ3v) is 3.47. The average molecular weight is 388 g/mol. The Hall–Kier alpha value is -4.02. The topological polar surface area (TPSA) is 157 Å². The van der Waals surface area contributed by atoms with Gasteiger partial charge in [-0.15, -0.1) is 0 Å². The number of aryl methyl sites for hydroxylation is 2. The molecule has 28 heavy (non-hydrogen) atoms. The maximum absolute atomic E-state index is 11.8. The van der Waals surface area contributed by atoms with Crippen molar-refractivity contribution >= 4 is 23.5 Å². The monoisotopic (exact) mass is 388 g/mol. The quantitative estimate of drug-likeness (QED) is 0.418. The Kier molecular flexibility index (Phi) is 6.22. The van der Waals surface area contributed by atoms with E-state index in [1.165, 1.54) is 0 Å². The Balaban J connectivity index is 2.06.